The number of rotatable bonds is 6. The number of anilines is 2. The Morgan fingerprint density at radius 2 is 2.08 bits per heavy atom. The normalized spacial score (nSPS) is 13.2. The van der Waals surface area contributed by atoms with Crippen LogP contribution in [0.1, 0.15) is 12.0 Å². The van der Waals surface area contributed by atoms with Crippen molar-refractivity contribution in [2.45, 2.75) is 13.0 Å². The Kier molecular flexibility index (Phi) is 5.30. The van der Waals surface area contributed by atoms with E-state index in [1.807, 2.05) is 48.5 Å². The van der Waals surface area contributed by atoms with Crippen molar-refractivity contribution in [1.29, 1.82) is 0 Å². The molecular weight excluding hydrogens is 320 g/mol. The van der Waals surface area contributed by atoms with Gasteiger partial charge in [-0.25, -0.2) is 0 Å². The topological polar surface area (TPSA) is 67.9 Å². The smallest absolute Gasteiger partial charge is 0.265 e. The molecular formula is C19H20N2O4. The molecule has 1 heterocycles. The molecule has 0 fully saturated rings. The molecule has 1 aliphatic heterocycles. The van der Waals surface area contributed by atoms with Crippen molar-refractivity contribution in [2.75, 3.05) is 30.5 Å². The fraction of sp³-hybridized carbons (Fsp3) is 0.263. The molecule has 2 amide bonds. The Balaban J connectivity index is 1.61. The molecule has 6 heteroatoms. The van der Waals surface area contributed by atoms with Gasteiger partial charge in [0.1, 0.15) is 5.75 Å². The van der Waals surface area contributed by atoms with Gasteiger partial charge in [-0.3, -0.25) is 9.59 Å². The summed E-state index contributed by atoms with van der Waals surface area (Å²) in [5, 5.41) is 2.86. The molecule has 0 spiro atoms. The maximum atomic E-state index is 12.2. The SMILES string of the molecule is COCc1cccc(NC(=O)CCN2C(=O)COc3ccccc32)c1. The zero-order chi connectivity index (χ0) is 17.6. The first kappa shape index (κ1) is 17.0. The molecule has 130 valence electrons. The molecule has 0 unspecified atom stereocenters. The van der Waals surface area contributed by atoms with Crippen LogP contribution < -0.4 is 15.0 Å². The quantitative estimate of drug-likeness (QED) is 0.878. The Morgan fingerprint density at radius 3 is 2.92 bits per heavy atom. The molecule has 1 N–H and O–H groups in total. The lowest BCUT2D eigenvalue weighted by Crippen LogP contribution is -2.40. The molecule has 0 aliphatic carbocycles. The van der Waals surface area contributed by atoms with Crippen molar-refractivity contribution in [3.05, 3.63) is 54.1 Å². The van der Waals surface area contributed by atoms with E-state index >= 15 is 0 Å². The van der Waals surface area contributed by atoms with Crippen molar-refractivity contribution >= 4 is 23.2 Å². The van der Waals surface area contributed by atoms with E-state index in [0.29, 0.717) is 30.3 Å². The summed E-state index contributed by atoms with van der Waals surface area (Å²) in [5.41, 5.74) is 2.40. The molecule has 2 aromatic rings. The number of benzene rings is 2. The fourth-order valence-electron chi connectivity index (χ4n) is 2.74. The van der Waals surface area contributed by atoms with E-state index in [1.165, 1.54) is 0 Å². The molecule has 0 saturated carbocycles. The first-order valence-corrected chi connectivity index (χ1v) is 8.07. The van der Waals surface area contributed by atoms with Crippen LogP contribution in [-0.2, 0) is 20.9 Å². The number of hydrogen-bond acceptors (Lipinski definition) is 4. The molecule has 25 heavy (non-hydrogen) atoms. The van der Waals surface area contributed by atoms with Crippen molar-refractivity contribution in [1.82, 2.24) is 0 Å². The van der Waals surface area contributed by atoms with Gasteiger partial charge in [-0.1, -0.05) is 24.3 Å². The van der Waals surface area contributed by atoms with E-state index in [9.17, 15) is 9.59 Å². The molecule has 0 bridgehead atoms. The molecule has 1 aliphatic rings. The molecule has 6 nitrogen and oxygen atoms in total. The highest BCUT2D eigenvalue weighted by Gasteiger charge is 2.25. The Morgan fingerprint density at radius 1 is 1.24 bits per heavy atom. The van der Waals surface area contributed by atoms with Crippen LogP contribution in [0.25, 0.3) is 0 Å². The Bertz CT molecular complexity index is 776. The number of methoxy groups -OCH3 is 1. The lowest BCUT2D eigenvalue weighted by molar-refractivity contribution is -0.121. The largest absolute Gasteiger partial charge is 0.482 e. The van der Waals surface area contributed by atoms with Crippen LogP contribution in [0.5, 0.6) is 5.75 Å². The number of amides is 2. The highest BCUT2D eigenvalue weighted by atomic mass is 16.5. The standard InChI is InChI=1S/C19H20N2O4/c1-24-12-14-5-4-6-15(11-14)20-18(22)9-10-21-16-7-2-3-8-17(16)25-13-19(21)23/h2-8,11H,9-10,12-13H2,1H3,(H,20,22). The summed E-state index contributed by atoms with van der Waals surface area (Å²) in [6.45, 7) is 0.795. The maximum absolute atomic E-state index is 12.2. The van der Waals surface area contributed by atoms with Crippen LogP contribution in [0.15, 0.2) is 48.5 Å². The summed E-state index contributed by atoms with van der Waals surface area (Å²) in [6, 6.07) is 14.8. The zero-order valence-corrected chi connectivity index (χ0v) is 14.0. The van der Waals surface area contributed by atoms with Crippen LogP contribution in [0.3, 0.4) is 0 Å². The van der Waals surface area contributed by atoms with Crippen LogP contribution >= 0.6 is 0 Å². The van der Waals surface area contributed by atoms with E-state index in [0.717, 1.165) is 5.56 Å². The third kappa shape index (κ3) is 4.16. The van der Waals surface area contributed by atoms with Crippen molar-refractivity contribution < 1.29 is 19.1 Å². The minimum Gasteiger partial charge on any atom is -0.482 e. The van der Waals surface area contributed by atoms with E-state index in [-0.39, 0.29) is 24.8 Å². The van der Waals surface area contributed by atoms with Gasteiger partial charge in [-0.05, 0) is 29.8 Å². The minimum absolute atomic E-state index is 0.00229. The Labute approximate surface area is 146 Å². The van der Waals surface area contributed by atoms with Gasteiger partial charge in [-0.15, -0.1) is 0 Å². The lowest BCUT2D eigenvalue weighted by atomic mass is 10.2. The Hall–Kier alpha value is -2.86. The summed E-state index contributed by atoms with van der Waals surface area (Å²) in [7, 11) is 1.63. The van der Waals surface area contributed by atoms with Crippen molar-refractivity contribution in [3.8, 4) is 5.75 Å². The van der Waals surface area contributed by atoms with E-state index < -0.39 is 0 Å². The van der Waals surface area contributed by atoms with E-state index in [1.54, 1.807) is 12.0 Å². The second kappa shape index (κ2) is 7.81. The van der Waals surface area contributed by atoms with Gasteiger partial charge >= 0.3 is 0 Å². The minimum atomic E-state index is -0.147. The summed E-state index contributed by atoms with van der Waals surface area (Å²) in [6.07, 6.45) is 0.203. The number of fused-ring (bicyclic) bond motifs is 1. The maximum Gasteiger partial charge on any atom is 0.265 e. The predicted molar refractivity (Wildman–Crippen MR) is 94.7 cm³/mol. The number of nitrogens with zero attached hydrogens (tertiary/aromatic N) is 1. The monoisotopic (exact) mass is 340 g/mol. The second-order valence-electron chi connectivity index (χ2n) is 5.73. The van der Waals surface area contributed by atoms with Gasteiger partial charge in [0.15, 0.2) is 6.61 Å². The van der Waals surface area contributed by atoms with Gasteiger partial charge in [0, 0.05) is 25.8 Å². The first-order chi connectivity index (χ1) is 12.2. The number of ether oxygens (including phenoxy) is 2. The third-order valence-corrected chi connectivity index (χ3v) is 3.89. The van der Waals surface area contributed by atoms with E-state index in [4.69, 9.17) is 9.47 Å². The van der Waals surface area contributed by atoms with Gasteiger partial charge < -0.3 is 19.7 Å². The first-order valence-electron chi connectivity index (χ1n) is 8.07. The number of para-hydroxylation sites is 2. The third-order valence-electron chi connectivity index (χ3n) is 3.89. The highest BCUT2D eigenvalue weighted by molar-refractivity contribution is 5.99. The van der Waals surface area contributed by atoms with Gasteiger partial charge in [0.2, 0.25) is 5.91 Å². The van der Waals surface area contributed by atoms with Crippen LogP contribution in [0.2, 0.25) is 0 Å². The number of nitrogens with one attached hydrogen (secondary N) is 1. The molecule has 2 aromatic carbocycles. The molecule has 0 radical (unpaired) electrons. The fourth-order valence-corrected chi connectivity index (χ4v) is 2.74. The average molecular weight is 340 g/mol. The molecule has 0 saturated heterocycles. The summed E-state index contributed by atoms with van der Waals surface area (Å²) in [5.74, 6) is 0.370. The number of hydrogen-bond donors (Lipinski definition) is 1. The predicted octanol–water partition coefficient (Wildman–Crippen LogP) is 2.59. The molecule has 0 aromatic heterocycles. The second-order valence-corrected chi connectivity index (χ2v) is 5.73. The van der Waals surface area contributed by atoms with Crippen molar-refractivity contribution in [2.24, 2.45) is 0 Å². The van der Waals surface area contributed by atoms with Gasteiger partial charge in [0.05, 0.1) is 12.3 Å². The van der Waals surface area contributed by atoms with E-state index in [2.05, 4.69) is 5.32 Å². The molecule has 3 rings (SSSR count). The van der Waals surface area contributed by atoms with Gasteiger partial charge in [0.25, 0.3) is 5.91 Å². The zero-order valence-electron chi connectivity index (χ0n) is 14.0. The summed E-state index contributed by atoms with van der Waals surface area (Å²) >= 11 is 0. The summed E-state index contributed by atoms with van der Waals surface area (Å²) in [4.78, 5) is 25.9. The number of carbonyl (C=O) groups excluding carboxylic acids is 2. The molecule has 0 atom stereocenters. The van der Waals surface area contributed by atoms with Crippen LogP contribution in [0.4, 0.5) is 11.4 Å². The highest BCUT2D eigenvalue weighted by Crippen LogP contribution is 2.31. The lowest BCUT2D eigenvalue weighted by Gasteiger charge is -2.29. The van der Waals surface area contributed by atoms with Crippen LogP contribution in [0, 0.1) is 0 Å². The summed E-state index contributed by atoms with van der Waals surface area (Å²) < 4.78 is 10.5. The number of carbonyl (C=O) groups is 2. The van der Waals surface area contributed by atoms with Crippen molar-refractivity contribution in [3.63, 3.8) is 0 Å². The average Bonchev–Trinajstić information content (AvgIpc) is 2.61. The van der Waals surface area contributed by atoms with Crippen LogP contribution in [-0.4, -0.2) is 32.1 Å². The van der Waals surface area contributed by atoms with Gasteiger partial charge in [-0.2, -0.15) is 0 Å².